The summed E-state index contributed by atoms with van der Waals surface area (Å²) in [4.78, 5) is 8.23. The highest BCUT2D eigenvalue weighted by molar-refractivity contribution is 7.90. The molecule has 0 radical (unpaired) electrons. The first-order valence-electron chi connectivity index (χ1n) is 10.1. The molecule has 4 aromatic rings. The van der Waals surface area contributed by atoms with Gasteiger partial charge in [-0.3, -0.25) is 0 Å². The van der Waals surface area contributed by atoms with Gasteiger partial charge in [0.15, 0.2) is 21.3 Å². The Hall–Kier alpha value is -3.27. The molecule has 10 heteroatoms. The lowest BCUT2D eigenvalue weighted by Gasteiger charge is -2.19. The van der Waals surface area contributed by atoms with Crippen molar-refractivity contribution in [3.05, 3.63) is 77.9 Å². The molecule has 172 valence electrons. The van der Waals surface area contributed by atoms with Crippen molar-refractivity contribution in [2.45, 2.75) is 43.0 Å². The van der Waals surface area contributed by atoms with Gasteiger partial charge in [-0.1, -0.05) is 45.0 Å². The fourth-order valence-corrected chi connectivity index (χ4v) is 4.76. The highest BCUT2D eigenvalue weighted by Gasteiger charge is 2.36. The summed E-state index contributed by atoms with van der Waals surface area (Å²) in [6.07, 6.45) is -3.54. The van der Waals surface area contributed by atoms with Crippen molar-refractivity contribution in [2.24, 2.45) is 0 Å². The molecule has 0 bridgehead atoms. The van der Waals surface area contributed by atoms with E-state index in [1.54, 1.807) is 36.4 Å². The topological polar surface area (TPSA) is 77.7 Å². The number of para-hydroxylation sites is 1. The fraction of sp³-hybridized carbons (Fsp3) is 0.261. The van der Waals surface area contributed by atoms with Gasteiger partial charge in [0.2, 0.25) is 0 Å². The van der Waals surface area contributed by atoms with E-state index in [9.17, 15) is 21.6 Å². The van der Waals surface area contributed by atoms with E-state index < -0.39 is 27.5 Å². The minimum atomic E-state index is -4.75. The lowest BCUT2D eigenvalue weighted by Crippen LogP contribution is -2.13. The van der Waals surface area contributed by atoms with Crippen molar-refractivity contribution in [1.29, 1.82) is 0 Å². The lowest BCUT2D eigenvalue weighted by molar-refractivity contribution is -0.141. The molecular formula is C23H21F3N4O2S. The van der Waals surface area contributed by atoms with Crippen LogP contribution in [0.3, 0.4) is 0 Å². The van der Waals surface area contributed by atoms with Gasteiger partial charge in [0.05, 0.1) is 21.9 Å². The van der Waals surface area contributed by atoms with Crippen LogP contribution in [0.2, 0.25) is 0 Å². The van der Waals surface area contributed by atoms with Gasteiger partial charge in [-0.05, 0) is 41.3 Å². The molecule has 0 unspecified atom stereocenters. The first-order valence-corrected chi connectivity index (χ1v) is 11.7. The van der Waals surface area contributed by atoms with Crippen LogP contribution in [0, 0.1) is 0 Å². The summed E-state index contributed by atoms with van der Waals surface area (Å²) in [7, 11) is -3.96. The van der Waals surface area contributed by atoms with Crippen molar-refractivity contribution in [3.63, 3.8) is 0 Å². The zero-order valence-corrected chi connectivity index (χ0v) is 18.9. The third-order valence-electron chi connectivity index (χ3n) is 5.21. The van der Waals surface area contributed by atoms with Crippen molar-refractivity contribution in [1.82, 2.24) is 19.7 Å². The van der Waals surface area contributed by atoms with Gasteiger partial charge >= 0.3 is 6.18 Å². The first kappa shape index (κ1) is 22.9. The molecule has 0 spiro atoms. The van der Waals surface area contributed by atoms with Crippen LogP contribution in [0.15, 0.2) is 65.8 Å². The second-order valence-corrected chi connectivity index (χ2v) is 10.7. The van der Waals surface area contributed by atoms with E-state index in [4.69, 9.17) is 0 Å². The van der Waals surface area contributed by atoms with Gasteiger partial charge in [0.25, 0.3) is 0 Å². The zero-order valence-electron chi connectivity index (χ0n) is 18.1. The molecule has 0 fully saturated rings. The molecule has 2 heterocycles. The Morgan fingerprint density at radius 2 is 1.61 bits per heavy atom. The number of alkyl halides is 3. The Labute approximate surface area is 189 Å². The molecular weight excluding hydrogens is 453 g/mol. The van der Waals surface area contributed by atoms with Gasteiger partial charge in [-0.2, -0.15) is 18.3 Å². The van der Waals surface area contributed by atoms with Crippen LogP contribution in [0.25, 0.3) is 16.7 Å². The van der Waals surface area contributed by atoms with E-state index in [0.29, 0.717) is 10.9 Å². The average molecular weight is 475 g/mol. The quantitative estimate of drug-likeness (QED) is 0.411. The predicted molar refractivity (Wildman–Crippen MR) is 118 cm³/mol. The summed E-state index contributed by atoms with van der Waals surface area (Å²) < 4.78 is 67.6. The number of sulfone groups is 1. The molecule has 0 saturated carbocycles. The maximum atomic E-state index is 13.5. The molecule has 0 N–H and O–H groups in total. The van der Waals surface area contributed by atoms with Crippen LogP contribution in [-0.2, 0) is 27.2 Å². The van der Waals surface area contributed by atoms with Gasteiger partial charge in [-0.25, -0.2) is 23.1 Å². The smallest absolute Gasteiger partial charge is 0.236 e. The Bertz CT molecular complexity index is 1420. The van der Waals surface area contributed by atoms with E-state index in [-0.39, 0.29) is 21.8 Å². The Kier molecular flexibility index (Phi) is 5.52. The van der Waals surface area contributed by atoms with E-state index in [1.165, 1.54) is 18.5 Å². The van der Waals surface area contributed by atoms with E-state index in [0.717, 1.165) is 16.3 Å². The summed E-state index contributed by atoms with van der Waals surface area (Å²) in [5.74, 6) is -0.604. The molecule has 0 aliphatic rings. The number of aromatic nitrogens is 4. The molecule has 2 aromatic heterocycles. The lowest BCUT2D eigenvalue weighted by atomic mass is 9.87. The summed E-state index contributed by atoms with van der Waals surface area (Å²) in [5.41, 5.74) is -0.0719. The summed E-state index contributed by atoms with van der Waals surface area (Å²) in [5, 5.41) is 4.11. The molecule has 2 aromatic carbocycles. The monoisotopic (exact) mass is 474 g/mol. The van der Waals surface area contributed by atoms with Crippen molar-refractivity contribution < 1.29 is 21.6 Å². The minimum Gasteiger partial charge on any atom is -0.236 e. The molecule has 4 rings (SSSR count). The van der Waals surface area contributed by atoms with Gasteiger partial charge in [-0.15, -0.1) is 0 Å². The van der Waals surface area contributed by atoms with Gasteiger partial charge in [0, 0.05) is 5.39 Å². The SMILES string of the molecule is CC(C)(C)c1ccc(S(=O)(=O)Cc2cc(C(F)(F)F)nn2-c2ncnc3ccccc23)cc1. The highest BCUT2D eigenvalue weighted by atomic mass is 32.2. The van der Waals surface area contributed by atoms with Gasteiger partial charge < -0.3 is 0 Å². The largest absolute Gasteiger partial charge is 0.435 e. The van der Waals surface area contributed by atoms with Crippen LogP contribution in [0.5, 0.6) is 0 Å². The first-order chi connectivity index (χ1) is 15.4. The third kappa shape index (κ3) is 4.61. The van der Waals surface area contributed by atoms with E-state index in [2.05, 4.69) is 15.1 Å². The predicted octanol–water partition coefficient (Wildman–Crippen LogP) is 5.11. The molecule has 6 nitrogen and oxygen atoms in total. The van der Waals surface area contributed by atoms with E-state index >= 15 is 0 Å². The van der Waals surface area contributed by atoms with Crippen molar-refractivity contribution >= 4 is 20.7 Å². The number of rotatable bonds is 4. The molecule has 0 atom stereocenters. The van der Waals surface area contributed by atoms with Crippen LogP contribution in [-0.4, -0.2) is 28.2 Å². The number of hydrogen-bond donors (Lipinski definition) is 0. The number of halogens is 3. The maximum absolute atomic E-state index is 13.5. The maximum Gasteiger partial charge on any atom is 0.435 e. The second-order valence-electron chi connectivity index (χ2n) is 8.68. The summed E-state index contributed by atoms with van der Waals surface area (Å²) in [6, 6.07) is 13.9. The van der Waals surface area contributed by atoms with Crippen LogP contribution in [0.1, 0.15) is 37.7 Å². The molecule has 0 saturated heterocycles. The molecule has 0 aliphatic carbocycles. The molecule has 33 heavy (non-hydrogen) atoms. The normalized spacial score (nSPS) is 12.9. The number of benzene rings is 2. The number of nitrogens with zero attached hydrogens (tertiary/aromatic N) is 4. The standard InChI is InChI=1S/C23H21F3N4O2S/c1-22(2,3)15-8-10-17(11-9-15)33(31,32)13-16-12-20(23(24,25)26)29-30(16)21-18-6-4-5-7-19(18)27-14-28-21/h4-12,14H,13H2,1-3H3. The third-order valence-corrected chi connectivity index (χ3v) is 6.88. The van der Waals surface area contributed by atoms with Crippen LogP contribution in [0.4, 0.5) is 13.2 Å². The Morgan fingerprint density at radius 3 is 2.24 bits per heavy atom. The van der Waals surface area contributed by atoms with Crippen LogP contribution < -0.4 is 0 Å². The number of fused-ring (bicyclic) bond motifs is 1. The zero-order chi connectivity index (χ0) is 24.0. The molecule has 0 amide bonds. The Morgan fingerprint density at radius 1 is 0.939 bits per heavy atom. The minimum absolute atomic E-state index is 0.0179. The highest BCUT2D eigenvalue weighted by Crippen LogP contribution is 2.32. The van der Waals surface area contributed by atoms with Crippen molar-refractivity contribution in [2.75, 3.05) is 0 Å². The van der Waals surface area contributed by atoms with E-state index in [1.807, 2.05) is 20.8 Å². The molecule has 0 aliphatic heterocycles. The number of hydrogen-bond acceptors (Lipinski definition) is 5. The van der Waals surface area contributed by atoms with Gasteiger partial charge in [0.1, 0.15) is 6.33 Å². The fourth-order valence-electron chi connectivity index (χ4n) is 3.44. The Balaban J connectivity index is 1.81. The van der Waals surface area contributed by atoms with Crippen LogP contribution >= 0.6 is 0 Å². The summed E-state index contributed by atoms with van der Waals surface area (Å²) >= 11 is 0. The summed E-state index contributed by atoms with van der Waals surface area (Å²) in [6.45, 7) is 6.00. The average Bonchev–Trinajstić information content (AvgIpc) is 3.16. The second kappa shape index (κ2) is 7.95. The van der Waals surface area contributed by atoms with Crippen molar-refractivity contribution in [3.8, 4) is 5.82 Å².